The van der Waals surface area contributed by atoms with Crippen molar-refractivity contribution in [2.24, 2.45) is 0 Å². The van der Waals surface area contributed by atoms with E-state index in [2.05, 4.69) is 0 Å². The lowest BCUT2D eigenvalue weighted by Crippen LogP contribution is -2.28. The molecule has 1 aliphatic heterocycles. The molecule has 4 rings (SSSR count). The van der Waals surface area contributed by atoms with Crippen LogP contribution in [0.2, 0.25) is 0 Å². The van der Waals surface area contributed by atoms with Gasteiger partial charge >= 0.3 is 6.09 Å². The van der Waals surface area contributed by atoms with Crippen LogP contribution in [-0.4, -0.2) is 16.9 Å². The second-order valence-electron chi connectivity index (χ2n) is 5.79. The maximum Gasteiger partial charge on any atom is 0.422 e. The summed E-state index contributed by atoms with van der Waals surface area (Å²) in [6, 6.07) is 22.7. The highest BCUT2D eigenvalue weighted by atomic mass is 32.1. The van der Waals surface area contributed by atoms with Crippen molar-refractivity contribution in [2.75, 3.05) is 0 Å². The van der Waals surface area contributed by atoms with Gasteiger partial charge in [0.1, 0.15) is 0 Å². The molecule has 1 saturated heterocycles. The molecule has 2 amide bonds. The Labute approximate surface area is 155 Å². The number of thiophene rings is 1. The van der Waals surface area contributed by atoms with Crippen LogP contribution in [0.25, 0.3) is 5.57 Å². The van der Waals surface area contributed by atoms with E-state index in [1.807, 2.05) is 78.2 Å². The van der Waals surface area contributed by atoms with Crippen LogP contribution in [0.15, 0.2) is 83.9 Å². The molecule has 0 unspecified atom stereocenters. The van der Waals surface area contributed by atoms with Crippen molar-refractivity contribution < 1.29 is 14.3 Å². The summed E-state index contributed by atoms with van der Waals surface area (Å²) in [5, 5.41) is 1.93. The van der Waals surface area contributed by atoms with Gasteiger partial charge in [0, 0.05) is 10.5 Å². The number of carbonyl (C=O) groups excluding carboxylic acids is 2. The van der Waals surface area contributed by atoms with Gasteiger partial charge in [-0.25, -0.2) is 9.69 Å². The molecule has 2 aromatic carbocycles. The van der Waals surface area contributed by atoms with E-state index in [0.29, 0.717) is 5.57 Å². The third kappa shape index (κ3) is 3.05. The van der Waals surface area contributed by atoms with Crippen molar-refractivity contribution in [1.29, 1.82) is 0 Å². The highest BCUT2D eigenvalue weighted by Gasteiger charge is 2.39. The first-order valence-corrected chi connectivity index (χ1v) is 9.03. The summed E-state index contributed by atoms with van der Waals surface area (Å²) < 4.78 is 5.42. The Bertz CT molecular complexity index is 963. The molecule has 5 heteroatoms. The van der Waals surface area contributed by atoms with Crippen molar-refractivity contribution in [2.45, 2.75) is 6.54 Å². The number of amides is 2. The van der Waals surface area contributed by atoms with E-state index in [4.69, 9.17) is 4.74 Å². The number of ether oxygens (including phenoxy) is 1. The van der Waals surface area contributed by atoms with Gasteiger partial charge in [-0.15, -0.1) is 11.3 Å². The quantitative estimate of drug-likeness (QED) is 0.634. The number of imide groups is 1. The third-order valence-corrected chi connectivity index (χ3v) is 4.98. The van der Waals surface area contributed by atoms with Crippen LogP contribution in [0.3, 0.4) is 0 Å². The Balaban J connectivity index is 1.77. The van der Waals surface area contributed by atoms with Gasteiger partial charge in [-0.3, -0.25) is 4.79 Å². The normalized spacial score (nSPS) is 15.9. The van der Waals surface area contributed by atoms with Crippen molar-refractivity contribution in [3.05, 3.63) is 99.9 Å². The van der Waals surface area contributed by atoms with E-state index in [0.717, 1.165) is 20.9 Å². The predicted octanol–water partition coefficient (Wildman–Crippen LogP) is 4.69. The van der Waals surface area contributed by atoms with Gasteiger partial charge in [0.05, 0.1) is 6.54 Å². The second-order valence-corrected chi connectivity index (χ2v) is 6.74. The molecule has 0 radical (unpaired) electrons. The van der Waals surface area contributed by atoms with Crippen LogP contribution in [0.4, 0.5) is 4.79 Å². The molecule has 0 N–H and O–H groups in total. The summed E-state index contributed by atoms with van der Waals surface area (Å²) in [6.45, 7) is 0.189. The molecule has 1 fully saturated rings. The molecule has 0 bridgehead atoms. The minimum atomic E-state index is -0.640. The molecule has 2 heterocycles. The number of carbonyl (C=O) groups is 2. The Kier molecular flexibility index (Phi) is 4.37. The molecule has 26 heavy (non-hydrogen) atoms. The molecule has 0 atom stereocenters. The van der Waals surface area contributed by atoms with Gasteiger partial charge in [0.2, 0.25) is 5.76 Å². The Morgan fingerprint density at radius 2 is 1.58 bits per heavy atom. The molecule has 0 spiro atoms. The molecule has 0 aliphatic carbocycles. The summed E-state index contributed by atoms with van der Waals surface area (Å²) >= 11 is 1.50. The molecule has 4 nitrogen and oxygen atoms in total. The smallest absolute Gasteiger partial charge is 0.403 e. The monoisotopic (exact) mass is 361 g/mol. The lowest BCUT2D eigenvalue weighted by atomic mass is 10.0. The van der Waals surface area contributed by atoms with E-state index >= 15 is 0 Å². The highest BCUT2D eigenvalue weighted by Crippen LogP contribution is 2.34. The van der Waals surface area contributed by atoms with E-state index in [1.54, 1.807) is 0 Å². The second kappa shape index (κ2) is 6.98. The van der Waals surface area contributed by atoms with Crippen molar-refractivity contribution in [3.63, 3.8) is 0 Å². The zero-order valence-corrected chi connectivity index (χ0v) is 14.6. The lowest BCUT2D eigenvalue weighted by molar-refractivity contribution is -0.123. The first-order chi connectivity index (χ1) is 12.7. The summed E-state index contributed by atoms with van der Waals surface area (Å²) in [6.07, 6.45) is -0.640. The topological polar surface area (TPSA) is 46.6 Å². The minimum absolute atomic E-state index is 0.0829. The molecular weight excluding hydrogens is 346 g/mol. The van der Waals surface area contributed by atoms with Crippen LogP contribution in [0, 0.1) is 0 Å². The van der Waals surface area contributed by atoms with Crippen LogP contribution in [0.5, 0.6) is 0 Å². The fraction of sp³-hybridized carbons (Fsp3) is 0.0476. The Morgan fingerprint density at radius 3 is 2.23 bits per heavy atom. The maximum absolute atomic E-state index is 13.0. The Hall–Kier alpha value is -3.18. The number of cyclic esters (lactones) is 1. The van der Waals surface area contributed by atoms with Gasteiger partial charge in [-0.1, -0.05) is 66.7 Å². The Morgan fingerprint density at radius 1 is 0.885 bits per heavy atom. The van der Waals surface area contributed by atoms with Crippen LogP contribution in [-0.2, 0) is 16.1 Å². The van der Waals surface area contributed by atoms with Crippen molar-refractivity contribution in [1.82, 2.24) is 4.90 Å². The minimum Gasteiger partial charge on any atom is -0.403 e. The van der Waals surface area contributed by atoms with E-state index in [9.17, 15) is 9.59 Å². The maximum atomic E-state index is 13.0. The van der Waals surface area contributed by atoms with Crippen LogP contribution < -0.4 is 0 Å². The lowest BCUT2D eigenvalue weighted by Gasteiger charge is -2.10. The average molecular weight is 361 g/mol. The number of benzene rings is 2. The standard InChI is InChI=1S/C21H15NO3S/c23-20-19(25-21(24)22(20)14-15-8-3-1-4-9-15)18(17-12-7-13-26-17)16-10-5-2-6-11-16/h1-13H,14H2. The molecule has 3 aromatic rings. The fourth-order valence-electron chi connectivity index (χ4n) is 2.86. The fourth-order valence-corrected chi connectivity index (χ4v) is 3.65. The van der Waals surface area contributed by atoms with Gasteiger partial charge in [0.15, 0.2) is 0 Å². The van der Waals surface area contributed by atoms with Crippen LogP contribution >= 0.6 is 11.3 Å². The van der Waals surface area contributed by atoms with Crippen LogP contribution in [0.1, 0.15) is 16.0 Å². The average Bonchev–Trinajstić information content (AvgIpc) is 3.29. The van der Waals surface area contributed by atoms with E-state index in [-0.39, 0.29) is 12.3 Å². The first-order valence-electron chi connectivity index (χ1n) is 8.15. The SMILES string of the molecule is O=C1OC(=C(c2ccccc2)c2cccs2)C(=O)N1Cc1ccccc1. The largest absolute Gasteiger partial charge is 0.422 e. The summed E-state index contributed by atoms with van der Waals surface area (Å²) in [4.78, 5) is 27.3. The number of rotatable bonds is 4. The van der Waals surface area contributed by atoms with Gasteiger partial charge in [-0.05, 0) is 22.6 Å². The number of nitrogens with zero attached hydrogens (tertiary/aromatic N) is 1. The van der Waals surface area contributed by atoms with E-state index < -0.39 is 12.0 Å². The molecule has 0 saturated carbocycles. The van der Waals surface area contributed by atoms with Gasteiger partial charge in [-0.2, -0.15) is 0 Å². The number of hydrogen-bond donors (Lipinski definition) is 0. The number of hydrogen-bond acceptors (Lipinski definition) is 4. The summed E-state index contributed by atoms with van der Waals surface area (Å²) in [5.41, 5.74) is 2.36. The van der Waals surface area contributed by atoms with Crippen molar-refractivity contribution >= 4 is 28.9 Å². The molecule has 128 valence electrons. The third-order valence-electron chi connectivity index (χ3n) is 4.09. The summed E-state index contributed by atoms with van der Waals surface area (Å²) in [5.74, 6) is -0.328. The van der Waals surface area contributed by atoms with E-state index in [1.165, 1.54) is 11.3 Å². The van der Waals surface area contributed by atoms with Gasteiger partial charge in [0.25, 0.3) is 5.91 Å². The highest BCUT2D eigenvalue weighted by molar-refractivity contribution is 7.11. The predicted molar refractivity (Wildman–Crippen MR) is 100 cm³/mol. The molecule has 1 aliphatic rings. The molecular formula is C21H15NO3S. The zero-order valence-electron chi connectivity index (χ0n) is 13.8. The first kappa shape index (κ1) is 16.3. The summed E-state index contributed by atoms with van der Waals surface area (Å²) in [7, 11) is 0. The van der Waals surface area contributed by atoms with Gasteiger partial charge < -0.3 is 4.74 Å². The zero-order chi connectivity index (χ0) is 17.9. The molecule has 1 aromatic heterocycles. The van der Waals surface area contributed by atoms with Crippen molar-refractivity contribution in [3.8, 4) is 0 Å².